The van der Waals surface area contributed by atoms with E-state index in [1.54, 1.807) is 7.05 Å². The number of pyridine rings is 1. The Labute approximate surface area is 146 Å². The smallest absolute Gasteiger partial charge is 0.317 e. The molecule has 1 aliphatic carbocycles. The Morgan fingerprint density at radius 1 is 1.36 bits per heavy atom. The Kier molecular flexibility index (Phi) is 3.86. The highest BCUT2D eigenvalue weighted by molar-refractivity contribution is 6.01. The second-order valence-electron chi connectivity index (χ2n) is 6.89. The van der Waals surface area contributed by atoms with Gasteiger partial charge in [0.1, 0.15) is 17.0 Å². The molecule has 0 radical (unpaired) electrons. The largest absolute Gasteiger partial charge is 0.346 e. The van der Waals surface area contributed by atoms with Gasteiger partial charge in [-0.3, -0.25) is 0 Å². The average Bonchev–Trinajstić information content (AvgIpc) is 3.23. The summed E-state index contributed by atoms with van der Waals surface area (Å²) in [5.74, 6) is 1.04. The number of aromatic amines is 1. The number of hydrogen-bond acceptors (Lipinski definition) is 3. The molecular weight excluding hydrogens is 316 g/mol. The molecule has 0 atom stereocenters. The molecule has 7 nitrogen and oxygen atoms in total. The van der Waals surface area contributed by atoms with Gasteiger partial charge in [0, 0.05) is 37.8 Å². The van der Waals surface area contributed by atoms with Crippen LogP contribution >= 0.6 is 0 Å². The SMILES string of the molecule is CNC(=O)N(C)[C@H]1CC[C@H](n2c(C)nc3cnc4[nH]ccc4c32)CC1. The van der Waals surface area contributed by atoms with Gasteiger partial charge in [0.05, 0.1) is 11.7 Å². The maximum Gasteiger partial charge on any atom is 0.317 e. The Morgan fingerprint density at radius 2 is 2.12 bits per heavy atom. The molecule has 132 valence electrons. The van der Waals surface area contributed by atoms with Gasteiger partial charge in [-0.15, -0.1) is 0 Å². The van der Waals surface area contributed by atoms with E-state index in [4.69, 9.17) is 4.98 Å². The number of imidazole rings is 1. The van der Waals surface area contributed by atoms with Crippen LogP contribution in [0.2, 0.25) is 0 Å². The highest BCUT2D eigenvalue weighted by atomic mass is 16.2. The second-order valence-corrected chi connectivity index (χ2v) is 6.89. The number of aryl methyl sites for hydroxylation is 1. The number of rotatable bonds is 2. The van der Waals surface area contributed by atoms with E-state index < -0.39 is 0 Å². The van der Waals surface area contributed by atoms with Crippen molar-refractivity contribution in [3.8, 4) is 0 Å². The first-order valence-electron chi connectivity index (χ1n) is 8.85. The predicted molar refractivity (Wildman–Crippen MR) is 97.6 cm³/mol. The Balaban J connectivity index is 1.64. The molecule has 7 heteroatoms. The van der Waals surface area contributed by atoms with Crippen LogP contribution in [0.1, 0.15) is 37.5 Å². The fourth-order valence-electron chi connectivity index (χ4n) is 4.20. The van der Waals surface area contributed by atoms with Crippen LogP contribution in [0.15, 0.2) is 18.5 Å². The lowest BCUT2D eigenvalue weighted by Crippen LogP contribution is -2.44. The van der Waals surface area contributed by atoms with E-state index in [0.29, 0.717) is 12.1 Å². The molecule has 25 heavy (non-hydrogen) atoms. The van der Waals surface area contributed by atoms with Gasteiger partial charge >= 0.3 is 6.03 Å². The standard InChI is InChI=1S/C18H24N6O/c1-11-22-15-10-21-17-14(8-9-20-17)16(15)24(11)13-6-4-12(5-7-13)23(3)18(25)19-2/h8-10,12-13H,4-7H2,1-3H3,(H,19,25)(H,20,21)/t12-,13-. The lowest BCUT2D eigenvalue weighted by Gasteiger charge is -2.35. The van der Waals surface area contributed by atoms with Crippen molar-refractivity contribution in [2.24, 2.45) is 0 Å². The number of carbonyl (C=O) groups is 1. The number of hydrogen-bond donors (Lipinski definition) is 2. The molecule has 0 aromatic carbocycles. The molecule has 0 aliphatic heterocycles. The van der Waals surface area contributed by atoms with Gasteiger partial charge in [-0.25, -0.2) is 14.8 Å². The van der Waals surface area contributed by atoms with Gasteiger partial charge in [0.15, 0.2) is 0 Å². The third kappa shape index (κ3) is 2.54. The monoisotopic (exact) mass is 340 g/mol. The van der Waals surface area contributed by atoms with Crippen LogP contribution in [0.4, 0.5) is 4.79 Å². The molecule has 1 fully saturated rings. The third-order valence-electron chi connectivity index (χ3n) is 5.52. The summed E-state index contributed by atoms with van der Waals surface area (Å²) >= 11 is 0. The third-order valence-corrected chi connectivity index (χ3v) is 5.52. The summed E-state index contributed by atoms with van der Waals surface area (Å²) in [6, 6.07) is 2.79. The van der Waals surface area contributed by atoms with Crippen molar-refractivity contribution in [1.29, 1.82) is 0 Å². The van der Waals surface area contributed by atoms with Crippen LogP contribution in [0.3, 0.4) is 0 Å². The minimum atomic E-state index is -0.00665. The van der Waals surface area contributed by atoms with Crippen molar-refractivity contribution in [2.45, 2.75) is 44.7 Å². The molecule has 3 aromatic heterocycles. The van der Waals surface area contributed by atoms with E-state index in [1.165, 1.54) is 5.52 Å². The van der Waals surface area contributed by atoms with Gasteiger partial charge in [-0.2, -0.15) is 0 Å². The highest BCUT2D eigenvalue weighted by Gasteiger charge is 2.29. The molecule has 3 heterocycles. The Morgan fingerprint density at radius 3 is 2.84 bits per heavy atom. The maximum absolute atomic E-state index is 11.9. The van der Waals surface area contributed by atoms with Gasteiger partial charge < -0.3 is 19.8 Å². The van der Waals surface area contributed by atoms with E-state index >= 15 is 0 Å². The van der Waals surface area contributed by atoms with Gasteiger partial charge in [-0.05, 0) is 38.7 Å². The zero-order chi connectivity index (χ0) is 17.6. The van der Waals surface area contributed by atoms with Crippen LogP contribution in [0, 0.1) is 6.92 Å². The number of urea groups is 1. The van der Waals surface area contributed by atoms with Crippen LogP contribution in [0.5, 0.6) is 0 Å². The van der Waals surface area contributed by atoms with Crippen molar-refractivity contribution < 1.29 is 4.79 Å². The molecule has 0 saturated heterocycles. The lowest BCUT2D eigenvalue weighted by atomic mass is 9.90. The van der Waals surface area contributed by atoms with E-state index in [9.17, 15) is 4.79 Å². The average molecular weight is 340 g/mol. The van der Waals surface area contributed by atoms with Crippen LogP contribution in [-0.4, -0.2) is 50.6 Å². The molecule has 4 rings (SSSR count). The number of fused-ring (bicyclic) bond motifs is 3. The predicted octanol–water partition coefficient (Wildman–Crippen LogP) is 2.98. The molecule has 0 unspecified atom stereocenters. The van der Waals surface area contributed by atoms with Crippen molar-refractivity contribution in [1.82, 2.24) is 29.7 Å². The minimum absolute atomic E-state index is 0.00665. The Bertz CT molecular complexity index is 918. The number of nitrogens with zero attached hydrogens (tertiary/aromatic N) is 4. The first kappa shape index (κ1) is 15.9. The van der Waals surface area contributed by atoms with E-state index in [2.05, 4.69) is 32.8 Å². The topological polar surface area (TPSA) is 78.8 Å². The zero-order valence-electron chi connectivity index (χ0n) is 14.9. The van der Waals surface area contributed by atoms with E-state index in [1.807, 2.05) is 24.3 Å². The second kappa shape index (κ2) is 6.06. The number of carbonyl (C=O) groups excluding carboxylic acids is 1. The number of H-pyrrole nitrogens is 1. The summed E-state index contributed by atoms with van der Waals surface area (Å²) < 4.78 is 2.38. The first-order valence-corrected chi connectivity index (χ1v) is 8.85. The summed E-state index contributed by atoms with van der Waals surface area (Å²) in [7, 11) is 3.57. The molecule has 2 N–H and O–H groups in total. The summed E-state index contributed by atoms with van der Waals surface area (Å²) in [6.07, 6.45) is 7.89. The molecule has 1 saturated carbocycles. The van der Waals surface area contributed by atoms with Gasteiger partial charge in [-0.1, -0.05) is 0 Å². The van der Waals surface area contributed by atoms with Crippen molar-refractivity contribution in [3.05, 3.63) is 24.3 Å². The van der Waals surface area contributed by atoms with Gasteiger partial charge in [0.25, 0.3) is 0 Å². The maximum atomic E-state index is 11.9. The quantitative estimate of drug-likeness (QED) is 0.753. The van der Waals surface area contributed by atoms with Crippen molar-refractivity contribution in [2.75, 3.05) is 14.1 Å². The van der Waals surface area contributed by atoms with Crippen LogP contribution in [0.25, 0.3) is 22.1 Å². The number of aromatic nitrogens is 4. The van der Waals surface area contributed by atoms with Crippen molar-refractivity contribution in [3.63, 3.8) is 0 Å². The van der Waals surface area contributed by atoms with Crippen molar-refractivity contribution >= 4 is 28.1 Å². The molecular formula is C18H24N6O. The van der Waals surface area contributed by atoms with Crippen LogP contribution in [-0.2, 0) is 0 Å². The lowest BCUT2D eigenvalue weighted by molar-refractivity contribution is 0.164. The fourth-order valence-corrected chi connectivity index (χ4v) is 4.20. The Hall–Kier alpha value is -2.57. The zero-order valence-corrected chi connectivity index (χ0v) is 14.9. The van der Waals surface area contributed by atoms with E-state index in [0.717, 1.165) is 48.1 Å². The number of amides is 2. The minimum Gasteiger partial charge on any atom is -0.346 e. The first-order chi connectivity index (χ1) is 12.1. The highest BCUT2D eigenvalue weighted by Crippen LogP contribution is 2.35. The molecule has 0 spiro atoms. The fraction of sp³-hybridized carbons (Fsp3) is 0.500. The molecule has 2 amide bonds. The molecule has 0 bridgehead atoms. The molecule has 3 aromatic rings. The van der Waals surface area contributed by atoms with E-state index in [-0.39, 0.29) is 6.03 Å². The normalized spacial score (nSPS) is 20.9. The molecule has 1 aliphatic rings. The summed E-state index contributed by atoms with van der Waals surface area (Å²) in [5.41, 5.74) is 3.03. The van der Waals surface area contributed by atoms with Crippen LogP contribution < -0.4 is 5.32 Å². The number of nitrogens with one attached hydrogen (secondary N) is 2. The summed E-state index contributed by atoms with van der Waals surface area (Å²) in [4.78, 5) is 26.1. The van der Waals surface area contributed by atoms with Gasteiger partial charge in [0.2, 0.25) is 0 Å². The summed E-state index contributed by atoms with van der Waals surface area (Å²) in [5, 5.41) is 3.84. The summed E-state index contributed by atoms with van der Waals surface area (Å²) in [6.45, 7) is 2.07.